The van der Waals surface area contributed by atoms with Crippen molar-refractivity contribution in [3.05, 3.63) is 24.3 Å². The fourth-order valence-electron chi connectivity index (χ4n) is 10.2. The molecule has 1 amide bonds. The van der Waals surface area contributed by atoms with Crippen molar-refractivity contribution < 1.29 is 24.5 Å². The highest BCUT2D eigenvalue weighted by atomic mass is 16.5. The first-order valence-electron chi connectivity index (χ1n) is 32.6. The summed E-state index contributed by atoms with van der Waals surface area (Å²) in [7, 11) is 0. The zero-order chi connectivity index (χ0) is 52.2. The van der Waals surface area contributed by atoms with Crippen molar-refractivity contribution in [2.45, 2.75) is 373 Å². The van der Waals surface area contributed by atoms with E-state index in [1.807, 2.05) is 6.08 Å². The topological polar surface area (TPSA) is 95.9 Å². The maximum atomic E-state index is 12.5. The molecule has 2 atom stereocenters. The second-order valence-corrected chi connectivity index (χ2v) is 22.5. The Labute approximate surface area is 450 Å². The third kappa shape index (κ3) is 57.6. The molecule has 0 aromatic carbocycles. The summed E-state index contributed by atoms with van der Waals surface area (Å²) in [6.45, 7) is 4.89. The fourth-order valence-corrected chi connectivity index (χ4v) is 10.2. The van der Waals surface area contributed by atoms with Gasteiger partial charge in [-0.2, -0.15) is 0 Å². The van der Waals surface area contributed by atoms with Gasteiger partial charge < -0.3 is 20.3 Å². The fraction of sp³-hybridized carbons (Fsp3) is 0.909. The van der Waals surface area contributed by atoms with Gasteiger partial charge in [-0.05, 0) is 51.4 Å². The van der Waals surface area contributed by atoms with E-state index in [0.29, 0.717) is 19.4 Å². The summed E-state index contributed by atoms with van der Waals surface area (Å²) in [5.41, 5.74) is 0. The van der Waals surface area contributed by atoms with Crippen LogP contribution in [0.2, 0.25) is 0 Å². The Balaban J connectivity index is 3.42. The molecule has 0 aliphatic heterocycles. The van der Waals surface area contributed by atoms with Gasteiger partial charge in [0.05, 0.1) is 25.4 Å². The van der Waals surface area contributed by atoms with Crippen molar-refractivity contribution in [2.24, 2.45) is 0 Å². The third-order valence-electron chi connectivity index (χ3n) is 15.2. The zero-order valence-corrected chi connectivity index (χ0v) is 48.7. The molecular formula is C66H127NO5. The van der Waals surface area contributed by atoms with Crippen LogP contribution >= 0.6 is 0 Å². The van der Waals surface area contributed by atoms with E-state index in [-0.39, 0.29) is 18.5 Å². The molecule has 3 N–H and O–H groups in total. The van der Waals surface area contributed by atoms with Crippen LogP contribution in [-0.4, -0.2) is 47.4 Å². The summed E-state index contributed by atoms with van der Waals surface area (Å²) in [4.78, 5) is 24.5. The molecule has 0 bridgehead atoms. The lowest BCUT2D eigenvalue weighted by Gasteiger charge is -2.20. The molecule has 0 aromatic rings. The number of aliphatic hydroxyl groups is 2. The first kappa shape index (κ1) is 70.3. The van der Waals surface area contributed by atoms with Gasteiger partial charge in [0, 0.05) is 12.8 Å². The molecular weight excluding hydrogens is 887 g/mol. The van der Waals surface area contributed by atoms with Crippen LogP contribution in [0.5, 0.6) is 0 Å². The largest absolute Gasteiger partial charge is 0.466 e. The van der Waals surface area contributed by atoms with Crippen LogP contribution in [0.3, 0.4) is 0 Å². The third-order valence-corrected chi connectivity index (χ3v) is 15.2. The summed E-state index contributed by atoms with van der Waals surface area (Å²) in [6, 6.07) is -0.629. The molecule has 0 rings (SSSR count). The highest BCUT2D eigenvalue weighted by molar-refractivity contribution is 5.76. The van der Waals surface area contributed by atoms with E-state index >= 15 is 0 Å². The first-order valence-corrected chi connectivity index (χ1v) is 32.6. The lowest BCUT2D eigenvalue weighted by atomic mass is 10.0. The average Bonchev–Trinajstić information content (AvgIpc) is 3.38. The van der Waals surface area contributed by atoms with Crippen LogP contribution in [0.4, 0.5) is 0 Å². The first-order chi connectivity index (χ1) is 35.5. The Kier molecular flexibility index (Phi) is 60.5. The van der Waals surface area contributed by atoms with E-state index in [2.05, 4.69) is 31.3 Å². The minimum absolute atomic E-state index is 0.00210. The van der Waals surface area contributed by atoms with Crippen molar-refractivity contribution in [1.82, 2.24) is 5.32 Å². The number of carbonyl (C=O) groups is 2. The minimum atomic E-state index is -0.845. The molecule has 0 fully saturated rings. The Hall–Kier alpha value is -1.66. The van der Waals surface area contributed by atoms with Crippen molar-refractivity contribution >= 4 is 11.9 Å². The quantitative estimate of drug-likeness (QED) is 0.0320. The summed E-state index contributed by atoms with van der Waals surface area (Å²) >= 11 is 0. The predicted molar refractivity (Wildman–Crippen MR) is 315 cm³/mol. The Morgan fingerprint density at radius 2 is 0.667 bits per heavy atom. The predicted octanol–water partition coefficient (Wildman–Crippen LogP) is 20.6. The van der Waals surface area contributed by atoms with E-state index in [1.165, 1.54) is 289 Å². The van der Waals surface area contributed by atoms with Crippen LogP contribution < -0.4 is 5.32 Å². The second kappa shape index (κ2) is 61.9. The lowest BCUT2D eigenvalue weighted by Crippen LogP contribution is -2.45. The molecule has 0 radical (unpaired) electrons. The van der Waals surface area contributed by atoms with Crippen LogP contribution in [0.1, 0.15) is 361 Å². The number of ether oxygens (including phenoxy) is 1. The maximum Gasteiger partial charge on any atom is 0.305 e. The van der Waals surface area contributed by atoms with Gasteiger partial charge in [0.1, 0.15) is 0 Å². The Morgan fingerprint density at radius 1 is 0.375 bits per heavy atom. The van der Waals surface area contributed by atoms with Gasteiger partial charge in [-0.15, -0.1) is 0 Å². The number of allylic oxidation sites excluding steroid dienone is 3. The van der Waals surface area contributed by atoms with E-state index in [4.69, 9.17) is 4.74 Å². The Bertz CT molecular complexity index is 1120. The van der Waals surface area contributed by atoms with Crippen molar-refractivity contribution in [2.75, 3.05) is 13.2 Å². The molecule has 6 nitrogen and oxygen atoms in total. The van der Waals surface area contributed by atoms with Crippen LogP contribution in [0, 0.1) is 0 Å². The highest BCUT2D eigenvalue weighted by Crippen LogP contribution is 2.18. The summed E-state index contributed by atoms with van der Waals surface area (Å²) in [5, 5.41) is 23.2. The number of rotatable bonds is 61. The number of aliphatic hydroxyl groups excluding tert-OH is 2. The standard InChI is InChI=1S/C66H127NO5/c1-3-5-7-9-11-13-15-16-17-18-19-20-23-26-29-32-35-39-42-46-50-54-58-64(69)63(62-68)67-65(70)59-55-51-47-43-40-36-33-30-27-24-21-22-25-28-31-34-37-41-45-49-53-57-61-72-66(71)60-56-52-48-44-38-14-12-10-8-6-4-2/h10,12,54,58,63-64,68-69H,3-9,11,13-53,55-57,59-62H2,1-2H3,(H,67,70)/b12-10-,58-54+. The smallest absolute Gasteiger partial charge is 0.305 e. The van der Waals surface area contributed by atoms with E-state index in [9.17, 15) is 19.8 Å². The number of esters is 1. The molecule has 0 aromatic heterocycles. The minimum Gasteiger partial charge on any atom is -0.466 e. The van der Waals surface area contributed by atoms with Crippen molar-refractivity contribution in [3.8, 4) is 0 Å². The second-order valence-electron chi connectivity index (χ2n) is 22.5. The number of nitrogens with one attached hydrogen (secondary N) is 1. The van der Waals surface area contributed by atoms with Gasteiger partial charge in [0.2, 0.25) is 5.91 Å². The maximum absolute atomic E-state index is 12.5. The summed E-state index contributed by atoms with van der Waals surface area (Å²) < 4.78 is 5.46. The molecule has 0 aliphatic carbocycles. The van der Waals surface area contributed by atoms with E-state index in [0.717, 1.165) is 44.9 Å². The van der Waals surface area contributed by atoms with Crippen LogP contribution in [0.25, 0.3) is 0 Å². The van der Waals surface area contributed by atoms with Gasteiger partial charge >= 0.3 is 5.97 Å². The molecule has 0 heterocycles. The molecule has 0 saturated heterocycles. The highest BCUT2D eigenvalue weighted by Gasteiger charge is 2.18. The molecule has 0 saturated carbocycles. The number of hydrogen-bond acceptors (Lipinski definition) is 5. The van der Waals surface area contributed by atoms with Gasteiger partial charge in [-0.1, -0.05) is 321 Å². The van der Waals surface area contributed by atoms with Gasteiger partial charge in [-0.25, -0.2) is 0 Å². The number of hydrogen-bond donors (Lipinski definition) is 3. The van der Waals surface area contributed by atoms with Crippen molar-refractivity contribution in [3.63, 3.8) is 0 Å². The number of amides is 1. The van der Waals surface area contributed by atoms with Crippen LogP contribution in [0.15, 0.2) is 24.3 Å². The van der Waals surface area contributed by atoms with E-state index in [1.54, 1.807) is 6.08 Å². The molecule has 0 spiro atoms. The molecule has 72 heavy (non-hydrogen) atoms. The number of unbranched alkanes of at least 4 members (excludes halogenated alkanes) is 48. The van der Waals surface area contributed by atoms with Crippen molar-refractivity contribution in [1.29, 1.82) is 0 Å². The van der Waals surface area contributed by atoms with Gasteiger partial charge in [-0.3, -0.25) is 9.59 Å². The van der Waals surface area contributed by atoms with Gasteiger partial charge in [0.15, 0.2) is 0 Å². The Morgan fingerprint density at radius 3 is 1.03 bits per heavy atom. The van der Waals surface area contributed by atoms with Gasteiger partial charge in [0.25, 0.3) is 0 Å². The number of carbonyl (C=O) groups excluding carboxylic acids is 2. The van der Waals surface area contributed by atoms with Crippen LogP contribution in [-0.2, 0) is 14.3 Å². The summed E-state index contributed by atoms with van der Waals surface area (Å²) in [6.07, 6.45) is 76.6. The van der Waals surface area contributed by atoms with E-state index < -0.39 is 12.1 Å². The molecule has 426 valence electrons. The SMILES string of the molecule is CCCC/C=C\CCCCCCCC(=O)OCCCCCCCCCCCCCCCCCCCCCCCCC(=O)NC(CO)C(O)/C=C/CCCCCCCCCCCCCCCCCCCCCC. The molecule has 6 heteroatoms. The zero-order valence-electron chi connectivity index (χ0n) is 48.7. The molecule has 2 unspecified atom stereocenters. The lowest BCUT2D eigenvalue weighted by molar-refractivity contribution is -0.143. The molecule has 0 aliphatic rings. The normalized spacial score (nSPS) is 12.7. The summed E-state index contributed by atoms with van der Waals surface area (Å²) in [5.74, 6) is -0.0625. The average molecular weight is 1010 g/mol. The monoisotopic (exact) mass is 1010 g/mol.